The molecule has 120 valence electrons. The van der Waals surface area contributed by atoms with Crippen molar-refractivity contribution >= 4 is 22.9 Å². The first kappa shape index (κ1) is 15.7. The van der Waals surface area contributed by atoms with Crippen molar-refractivity contribution in [2.75, 3.05) is 6.54 Å². The SMILES string of the molecule is Cc1cn2cc(C(=O)NCCCc3nc(C)c(C)s3)ccc2n1. The topological polar surface area (TPSA) is 59.3 Å². The number of thiazole rings is 1. The Hall–Kier alpha value is -2.21. The number of carbonyl (C=O) groups is 1. The van der Waals surface area contributed by atoms with E-state index in [1.165, 1.54) is 4.88 Å². The Kier molecular flexibility index (Phi) is 4.43. The number of amides is 1. The molecule has 0 saturated carbocycles. The number of hydrogen-bond acceptors (Lipinski definition) is 4. The van der Waals surface area contributed by atoms with Crippen LogP contribution in [0, 0.1) is 20.8 Å². The Bertz CT molecular complexity index is 830. The number of aryl methyl sites for hydroxylation is 4. The molecule has 0 bridgehead atoms. The molecule has 0 fully saturated rings. The van der Waals surface area contributed by atoms with Gasteiger partial charge >= 0.3 is 0 Å². The van der Waals surface area contributed by atoms with E-state index >= 15 is 0 Å². The zero-order valence-corrected chi connectivity index (χ0v) is 14.4. The van der Waals surface area contributed by atoms with Crippen molar-refractivity contribution in [3.8, 4) is 0 Å². The summed E-state index contributed by atoms with van der Waals surface area (Å²) in [6.07, 6.45) is 5.53. The smallest absolute Gasteiger partial charge is 0.252 e. The molecule has 1 amide bonds. The summed E-state index contributed by atoms with van der Waals surface area (Å²) in [5, 5.41) is 4.11. The summed E-state index contributed by atoms with van der Waals surface area (Å²) in [7, 11) is 0. The highest BCUT2D eigenvalue weighted by Gasteiger charge is 2.08. The minimum atomic E-state index is -0.0512. The first-order valence-corrected chi connectivity index (χ1v) is 8.51. The highest BCUT2D eigenvalue weighted by Crippen LogP contribution is 2.17. The summed E-state index contributed by atoms with van der Waals surface area (Å²) in [5.74, 6) is -0.0512. The fourth-order valence-electron chi connectivity index (χ4n) is 2.44. The van der Waals surface area contributed by atoms with Gasteiger partial charge in [0.1, 0.15) is 5.65 Å². The normalized spacial score (nSPS) is 11.1. The maximum atomic E-state index is 12.2. The summed E-state index contributed by atoms with van der Waals surface area (Å²) in [6.45, 7) is 6.71. The van der Waals surface area contributed by atoms with E-state index < -0.39 is 0 Å². The second-order valence-corrected chi connectivity index (χ2v) is 6.96. The minimum Gasteiger partial charge on any atom is -0.352 e. The van der Waals surface area contributed by atoms with E-state index in [1.54, 1.807) is 11.3 Å². The van der Waals surface area contributed by atoms with Crippen LogP contribution < -0.4 is 5.32 Å². The van der Waals surface area contributed by atoms with Gasteiger partial charge in [-0.3, -0.25) is 4.79 Å². The number of rotatable bonds is 5. The van der Waals surface area contributed by atoms with Gasteiger partial charge in [-0.05, 0) is 39.3 Å². The minimum absolute atomic E-state index is 0.0512. The Labute approximate surface area is 139 Å². The van der Waals surface area contributed by atoms with Crippen LogP contribution in [-0.2, 0) is 6.42 Å². The molecule has 1 N–H and O–H groups in total. The van der Waals surface area contributed by atoms with Crippen LogP contribution >= 0.6 is 11.3 Å². The quantitative estimate of drug-likeness (QED) is 0.732. The molecule has 0 atom stereocenters. The van der Waals surface area contributed by atoms with Crippen molar-refractivity contribution in [3.63, 3.8) is 0 Å². The molecule has 3 aromatic rings. The zero-order chi connectivity index (χ0) is 16.4. The van der Waals surface area contributed by atoms with Gasteiger partial charge in [-0.1, -0.05) is 0 Å². The van der Waals surface area contributed by atoms with Crippen molar-refractivity contribution in [3.05, 3.63) is 51.4 Å². The van der Waals surface area contributed by atoms with Crippen molar-refractivity contribution in [1.82, 2.24) is 19.7 Å². The average molecular weight is 328 g/mol. The van der Waals surface area contributed by atoms with Crippen LogP contribution in [0.25, 0.3) is 5.65 Å². The molecule has 0 saturated heterocycles. The molecule has 0 aliphatic heterocycles. The van der Waals surface area contributed by atoms with Crippen molar-refractivity contribution in [2.45, 2.75) is 33.6 Å². The largest absolute Gasteiger partial charge is 0.352 e. The maximum absolute atomic E-state index is 12.2. The van der Waals surface area contributed by atoms with E-state index in [4.69, 9.17) is 0 Å². The van der Waals surface area contributed by atoms with Crippen molar-refractivity contribution in [2.24, 2.45) is 0 Å². The summed E-state index contributed by atoms with van der Waals surface area (Å²) >= 11 is 1.74. The molecule has 3 rings (SSSR count). The van der Waals surface area contributed by atoms with Crippen LogP contribution in [0.2, 0.25) is 0 Å². The van der Waals surface area contributed by atoms with Crippen LogP contribution in [-0.4, -0.2) is 26.8 Å². The number of carbonyl (C=O) groups excluding carboxylic acids is 1. The van der Waals surface area contributed by atoms with E-state index in [2.05, 4.69) is 22.2 Å². The van der Waals surface area contributed by atoms with Gasteiger partial charge in [-0.2, -0.15) is 0 Å². The molecular weight excluding hydrogens is 308 g/mol. The third kappa shape index (κ3) is 3.59. The van der Waals surface area contributed by atoms with Crippen LogP contribution in [0.15, 0.2) is 24.5 Å². The van der Waals surface area contributed by atoms with Gasteiger partial charge < -0.3 is 9.72 Å². The Morgan fingerprint density at radius 2 is 2.04 bits per heavy atom. The predicted octanol–water partition coefficient (Wildman–Crippen LogP) is 3.08. The molecule has 3 aromatic heterocycles. The summed E-state index contributed by atoms with van der Waals surface area (Å²) in [6, 6.07) is 3.67. The highest BCUT2D eigenvalue weighted by atomic mass is 32.1. The molecule has 0 radical (unpaired) electrons. The van der Waals surface area contributed by atoms with Gasteiger partial charge in [0.15, 0.2) is 0 Å². The molecule has 5 nitrogen and oxygen atoms in total. The Balaban J connectivity index is 1.53. The van der Waals surface area contributed by atoms with E-state index in [9.17, 15) is 4.79 Å². The number of nitrogens with zero attached hydrogens (tertiary/aromatic N) is 3. The van der Waals surface area contributed by atoms with E-state index in [0.29, 0.717) is 12.1 Å². The van der Waals surface area contributed by atoms with Crippen LogP contribution in [0.5, 0.6) is 0 Å². The number of aromatic nitrogens is 3. The molecule has 23 heavy (non-hydrogen) atoms. The lowest BCUT2D eigenvalue weighted by Crippen LogP contribution is -2.25. The van der Waals surface area contributed by atoms with E-state index in [0.717, 1.165) is 34.9 Å². The van der Waals surface area contributed by atoms with Gasteiger partial charge in [0.25, 0.3) is 5.91 Å². The van der Waals surface area contributed by atoms with Gasteiger partial charge in [-0.15, -0.1) is 11.3 Å². The Morgan fingerprint density at radius 3 is 2.78 bits per heavy atom. The van der Waals surface area contributed by atoms with Gasteiger partial charge in [0, 0.05) is 30.2 Å². The standard InChI is InChI=1S/C17H20N4OS/c1-11-9-21-10-14(6-7-15(21)19-11)17(22)18-8-4-5-16-20-12(2)13(3)23-16/h6-7,9-10H,4-5,8H2,1-3H3,(H,18,22). The highest BCUT2D eigenvalue weighted by molar-refractivity contribution is 7.11. The zero-order valence-electron chi connectivity index (χ0n) is 13.6. The van der Waals surface area contributed by atoms with Gasteiger partial charge in [0.05, 0.1) is 22.0 Å². The van der Waals surface area contributed by atoms with Crippen LogP contribution in [0.3, 0.4) is 0 Å². The third-order valence-electron chi connectivity index (χ3n) is 3.76. The van der Waals surface area contributed by atoms with E-state index in [-0.39, 0.29) is 5.91 Å². The lowest BCUT2D eigenvalue weighted by molar-refractivity contribution is 0.0953. The second kappa shape index (κ2) is 6.50. The molecule has 0 aromatic carbocycles. The van der Waals surface area contributed by atoms with E-state index in [1.807, 2.05) is 42.8 Å². The molecule has 0 aliphatic carbocycles. The summed E-state index contributed by atoms with van der Waals surface area (Å²) < 4.78 is 1.88. The fraction of sp³-hybridized carbons (Fsp3) is 0.353. The summed E-state index contributed by atoms with van der Waals surface area (Å²) in [4.78, 5) is 22.4. The molecular formula is C17H20N4OS. The monoisotopic (exact) mass is 328 g/mol. The lowest BCUT2D eigenvalue weighted by Gasteiger charge is -2.05. The number of hydrogen-bond donors (Lipinski definition) is 1. The molecule has 0 aliphatic rings. The first-order valence-electron chi connectivity index (χ1n) is 7.69. The van der Waals surface area contributed by atoms with Crippen LogP contribution in [0.1, 0.15) is 38.1 Å². The summed E-state index contributed by atoms with van der Waals surface area (Å²) in [5.41, 5.74) is 3.55. The Morgan fingerprint density at radius 1 is 1.22 bits per heavy atom. The number of pyridine rings is 1. The van der Waals surface area contributed by atoms with Crippen LogP contribution in [0.4, 0.5) is 0 Å². The third-order valence-corrected chi connectivity index (χ3v) is 4.89. The lowest BCUT2D eigenvalue weighted by atomic mass is 10.2. The molecule has 0 unspecified atom stereocenters. The average Bonchev–Trinajstić information content (AvgIpc) is 3.04. The van der Waals surface area contributed by atoms with Crippen molar-refractivity contribution in [1.29, 1.82) is 0 Å². The maximum Gasteiger partial charge on any atom is 0.252 e. The number of imidazole rings is 1. The first-order chi connectivity index (χ1) is 11.0. The number of nitrogens with one attached hydrogen (secondary N) is 1. The molecule has 3 heterocycles. The molecule has 0 spiro atoms. The number of fused-ring (bicyclic) bond motifs is 1. The van der Waals surface area contributed by atoms with Gasteiger partial charge in [-0.25, -0.2) is 9.97 Å². The second-order valence-electron chi connectivity index (χ2n) is 5.67. The van der Waals surface area contributed by atoms with Crippen molar-refractivity contribution < 1.29 is 4.79 Å². The fourth-order valence-corrected chi connectivity index (χ4v) is 3.42. The predicted molar refractivity (Wildman–Crippen MR) is 92.2 cm³/mol. The molecule has 6 heteroatoms. The van der Waals surface area contributed by atoms with Gasteiger partial charge in [0.2, 0.25) is 0 Å².